The molecule has 0 spiro atoms. The van der Waals surface area contributed by atoms with Gasteiger partial charge in [-0.25, -0.2) is 9.78 Å². The zero-order chi connectivity index (χ0) is 20.5. The van der Waals surface area contributed by atoms with Crippen molar-refractivity contribution in [1.82, 2.24) is 19.8 Å². The summed E-state index contributed by atoms with van der Waals surface area (Å²) in [7, 11) is 3.33. The largest absolute Gasteiger partial charge is 0.497 e. The van der Waals surface area contributed by atoms with Gasteiger partial charge in [-0.1, -0.05) is 6.07 Å². The number of carbonyl (C=O) groups is 2. The van der Waals surface area contributed by atoms with Gasteiger partial charge in [0, 0.05) is 50.1 Å². The van der Waals surface area contributed by atoms with E-state index in [0.29, 0.717) is 36.2 Å². The van der Waals surface area contributed by atoms with Gasteiger partial charge in [-0.2, -0.15) is 4.98 Å². The second-order valence-electron chi connectivity index (χ2n) is 7.23. The highest BCUT2D eigenvalue weighted by molar-refractivity contribution is 5.91. The molecule has 2 saturated heterocycles. The molecule has 0 unspecified atom stereocenters. The molecule has 3 atom stereocenters. The monoisotopic (exact) mass is 397 g/mol. The molecule has 152 valence electrons. The molecule has 0 radical (unpaired) electrons. The van der Waals surface area contributed by atoms with Crippen LogP contribution in [0, 0.1) is 12.8 Å². The Kier molecular flexibility index (Phi) is 4.96. The molecule has 0 bridgehead atoms. The lowest BCUT2D eigenvalue weighted by molar-refractivity contribution is -0.133. The van der Waals surface area contributed by atoms with Crippen LogP contribution in [0.3, 0.4) is 0 Å². The van der Waals surface area contributed by atoms with Crippen molar-refractivity contribution in [3.05, 3.63) is 42.4 Å². The lowest BCUT2D eigenvalue weighted by Gasteiger charge is -2.22. The Morgan fingerprint density at radius 2 is 2.10 bits per heavy atom. The molecule has 1 aromatic carbocycles. The summed E-state index contributed by atoms with van der Waals surface area (Å²) in [6, 6.07) is 8.51. The van der Waals surface area contributed by atoms with Gasteiger partial charge in [-0.3, -0.25) is 4.79 Å². The Balaban J connectivity index is 1.46. The van der Waals surface area contributed by atoms with Crippen LogP contribution in [0.25, 0.3) is 0 Å². The highest BCUT2D eigenvalue weighted by Crippen LogP contribution is 2.34. The zero-order valence-corrected chi connectivity index (χ0v) is 16.5. The van der Waals surface area contributed by atoms with E-state index in [-0.39, 0.29) is 23.9 Å². The van der Waals surface area contributed by atoms with E-state index in [0.717, 1.165) is 0 Å². The molecule has 4 rings (SSSR count). The molecule has 9 heteroatoms. The lowest BCUT2D eigenvalue weighted by atomic mass is 10.0. The number of nitrogens with zero attached hydrogens (tertiary/aromatic N) is 4. The molecule has 0 aliphatic carbocycles. The first-order valence-corrected chi connectivity index (χ1v) is 9.39. The summed E-state index contributed by atoms with van der Waals surface area (Å²) in [5.41, 5.74) is 0.653. The van der Waals surface area contributed by atoms with Crippen molar-refractivity contribution in [3.63, 3.8) is 0 Å². The summed E-state index contributed by atoms with van der Waals surface area (Å²) in [6.45, 7) is 2.63. The first-order chi connectivity index (χ1) is 14.0. The third-order valence-electron chi connectivity index (χ3n) is 5.42. The van der Waals surface area contributed by atoms with Gasteiger partial charge in [0.15, 0.2) is 6.10 Å². The maximum Gasteiger partial charge on any atom is 0.321 e. The molecule has 9 nitrogen and oxygen atoms in total. The summed E-state index contributed by atoms with van der Waals surface area (Å²) in [5, 5.41) is 2.89. The fraction of sp³-hybridized carbons (Fsp3) is 0.400. The maximum atomic E-state index is 12.8. The number of hydrogen-bond acceptors (Lipinski definition) is 6. The minimum atomic E-state index is -0.672. The van der Waals surface area contributed by atoms with E-state index >= 15 is 0 Å². The maximum absolute atomic E-state index is 12.8. The molecule has 2 aromatic rings. The van der Waals surface area contributed by atoms with Gasteiger partial charge < -0.3 is 24.6 Å². The SMILES string of the molecule is COc1cccc(NC(=O)N2C[C@@H]3[C@H](Oc4ccnc(C)n4)C(=O)N(C)[C@@H]3C2)c1. The van der Waals surface area contributed by atoms with Crippen LogP contribution in [0.1, 0.15) is 5.82 Å². The van der Waals surface area contributed by atoms with E-state index < -0.39 is 6.10 Å². The number of fused-ring (bicyclic) bond motifs is 1. The molecule has 29 heavy (non-hydrogen) atoms. The lowest BCUT2D eigenvalue weighted by Crippen LogP contribution is -2.41. The predicted molar refractivity (Wildman–Crippen MR) is 105 cm³/mol. The van der Waals surface area contributed by atoms with Gasteiger partial charge in [0.05, 0.1) is 13.2 Å². The van der Waals surface area contributed by atoms with Gasteiger partial charge in [-0.05, 0) is 19.1 Å². The number of anilines is 1. The number of amides is 3. The summed E-state index contributed by atoms with van der Waals surface area (Å²) in [5.74, 6) is 1.38. The van der Waals surface area contributed by atoms with Crippen LogP contribution in [0.15, 0.2) is 36.5 Å². The van der Waals surface area contributed by atoms with Crippen molar-refractivity contribution >= 4 is 17.6 Å². The van der Waals surface area contributed by atoms with Gasteiger partial charge >= 0.3 is 6.03 Å². The molecule has 0 saturated carbocycles. The number of methoxy groups -OCH3 is 1. The zero-order valence-electron chi connectivity index (χ0n) is 16.5. The number of ether oxygens (including phenoxy) is 2. The number of likely N-dealkylation sites (N-methyl/N-ethyl adjacent to an activating group) is 1. The number of nitrogens with one attached hydrogen (secondary N) is 1. The van der Waals surface area contributed by atoms with Crippen LogP contribution in [0.5, 0.6) is 11.6 Å². The second kappa shape index (κ2) is 7.57. The summed E-state index contributed by atoms with van der Waals surface area (Å²) < 4.78 is 11.1. The number of aryl methyl sites for hydroxylation is 1. The first-order valence-electron chi connectivity index (χ1n) is 9.39. The van der Waals surface area contributed by atoms with Crippen molar-refractivity contribution in [2.24, 2.45) is 5.92 Å². The average Bonchev–Trinajstić information content (AvgIpc) is 3.24. The van der Waals surface area contributed by atoms with Crippen molar-refractivity contribution in [3.8, 4) is 11.6 Å². The number of urea groups is 1. The third-order valence-corrected chi connectivity index (χ3v) is 5.42. The van der Waals surface area contributed by atoms with Crippen molar-refractivity contribution in [2.45, 2.75) is 19.1 Å². The Morgan fingerprint density at radius 3 is 2.86 bits per heavy atom. The number of aromatic nitrogens is 2. The smallest absolute Gasteiger partial charge is 0.321 e. The molecule has 2 aliphatic rings. The topological polar surface area (TPSA) is 96.9 Å². The van der Waals surface area contributed by atoms with Crippen LogP contribution < -0.4 is 14.8 Å². The number of hydrogen-bond donors (Lipinski definition) is 1. The highest BCUT2D eigenvalue weighted by Gasteiger charge is 2.53. The van der Waals surface area contributed by atoms with E-state index in [1.165, 1.54) is 0 Å². The Morgan fingerprint density at radius 1 is 1.28 bits per heavy atom. The van der Waals surface area contributed by atoms with Crippen LogP contribution in [0.4, 0.5) is 10.5 Å². The van der Waals surface area contributed by atoms with Crippen molar-refractivity contribution < 1.29 is 19.1 Å². The normalized spacial score (nSPS) is 23.1. The summed E-state index contributed by atoms with van der Waals surface area (Å²) >= 11 is 0. The van der Waals surface area contributed by atoms with Crippen LogP contribution in [-0.2, 0) is 4.79 Å². The molecule has 2 fully saturated rings. The van der Waals surface area contributed by atoms with E-state index in [4.69, 9.17) is 9.47 Å². The van der Waals surface area contributed by atoms with Crippen LogP contribution in [0.2, 0.25) is 0 Å². The van der Waals surface area contributed by atoms with Crippen LogP contribution in [-0.4, -0.2) is 71.1 Å². The molecule has 3 heterocycles. The van der Waals surface area contributed by atoms with Crippen LogP contribution >= 0.6 is 0 Å². The van der Waals surface area contributed by atoms with Gasteiger partial charge in [0.2, 0.25) is 5.88 Å². The summed E-state index contributed by atoms with van der Waals surface area (Å²) in [6.07, 6.45) is 0.926. The van der Waals surface area contributed by atoms with E-state index in [9.17, 15) is 9.59 Å². The number of rotatable bonds is 4. The number of likely N-dealkylation sites (tertiary alicyclic amines) is 2. The van der Waals surface area contributed by atoms with Gasteiger partial charge in [-0.15, -0.1) is 0 Å². The minimum Gasteiger partial charge on any atom is -0.497 e. The fourth-order valence-corrected chi connectivity index (χ4v) is 3.90. The Hall–Kier alpha value is -3.36. The molecule has 1 aromatic heterocycles. The second-order valence-corrected chi connectivity index (χ2v) is 7.23. The van der Waals surface area contributed by atoms with Gasteiger partial charge in [0.1, 0.15) is 11.6 Å². The molecular formula is C20H23N5O4. The van der Waals surface area contributed by atoms with E-state index in [2.05, 4.69) is 15.3 Å². The Bertz CT molecular complexity index is 937. The first kappa shape index (κ1) is 19.0. The van der Waals surface area contributed by atoms with Crippen molar-refractivity contribution in [2.75, 3.05) is 32.6 Å². The van der Waals surface area contributed by atoms with E-state index in [1.807, 2.05) is 12.1 Å². The quantitative estimate of drug-likeness (QED) is 0.841. The van der Waals surface area contributed by atoms with Gasteiger partial charge in [0.25, 0.3) is 5.91 Å². The predicted octanol–water partition coefficient (Wildman–Crippen LogP) is 1.55. The standard InChI is InChI=1S/C20H23N5O4/c1-12-21-8-7-17(22-12)29-18-15-10-25(11-16(15)24(2)19(18)26)20(27)23-13-5-4-6-14(9-13)28-3/h4-9,15-16,18H,10-11H2,1-3H3,(H,23,27)/t15-,16+,18-/m0/s1. The highest BCUT2D eigenvalue weighted by atomic mass is 16.5. The average molecular weight is 397 g/mol. The van der Waals surface area contributed by atoms with E-state index in [1.54, 1.807) is 55.3 Å². The summed E-state index contributed by atoms with van der Waals surface area (Å²) in [4.78, 5) is 37.1. The number of benzene rings is 1. The fourth-order valence-electron chi connectivity index (χ4n) is 3.90. The third kappa shape index (κ3) is 3.67. The minimum absolute atomic E-state index is 0.0912. The number of carbonyl (C=O) groups excluding carboxylic acids is 2. The van der Waals surface area contributed by atoms with Crippen molar-refractivity contribution in [1.29, 1.82) is 0 Å². The Labute approximate surface area is 168 Å². The molecule has 3 amide bonds. The molecular weight excluding hydrogens is 374 g/mol. The molecule has 1 N–H and O–H groups in total. The molecule has 2 aliphatic heterocycles.